The van der Waals surface area contributed by atoms with Crippen LogP contribution in [0.3, 0.4) is 0 Å². The van der Waals surface area contributed by atoms with Crippen LogP contribution in [0.1, 0.15) is 44.3 Å². The van der Waals surface area contributed by atoms with Gasteiger partial charge in [-0.15, -0.1) is 10.2 Å². The summed E-state index contributed by atoms with van der Waals surface area (Å²) in [5, 5.41) is 15.3. The molecule has 8 nitrogen and oxygen atoms in total. The van der Waals surface area contributed by atoms with E-state index in [9.17, 15) is 4.79 Å². The lowest BCUT2D eigenvalue weighted by molar-refractivity contribution is -0.135. The van der Waals surface area contributed by atoms with Crippen molar-refractivity contribution in [2.75, 3.05) is 26.7 Å². The number of hydrogen-bond donors (Lipinski definition) is 2. The number of hydrogen-bond acceptors (Lipinski definition) is 4. The Labute approximate surface area is 171 Å². The average Bonchev–Trinajstić information content (AvgIpc) is 3.40. The minimum atomic E-state index is 0.248. The summed E-state index contributed by atoms with van der Waals surface area (Å²) in [7, 11) is 1.78. The van der Waals surface area contributed by atoms with Crippen LogP contribution in [0.25, 0.3) is 5.65 Å². The van der Waals surface area contributed by atoms with E-state index in [4.69, 9.17) is 0 Å². The van der Waals surface area contributed by atoms with Crippen LogP contribution in [0.15, 0.2) is 29.4 Å². The molecule has 156 valence electrons. The third kappa shape index (κ3) is 4.68. The maximum atomic E-state index is 12.7. The molecule has 29 heavy (non-hydrogen) atoms. The first-order chi connectivity index (χ1) is 14.2. The molecule has 2 aromatic heterocycles. The number of nitrogens with one attached hydrogen (secondary N) is 2. The van der Waals surface area contributed by atoms with Crippen molar-refractivity contribution in [1.82, 2.24) is 30.1 Å². The van der Waals surface area contributed by atoms with Crippen molar-refractivity contribution in [3.63, 3.8) is 0 Å². The molecular weight excluding hydrogens is 366 g/mol. The summed E-state index contributed by atoms with van der Waals surface area (Å²) in [6, 6.07) is 6.14. The molecule has 2 aliphatic rings. The predicted molar refractivity (Wildman–Crippen MR) is 113 cm³/mol. The Kier molecular flexibility index (Phi) is 6.27. The first-order valence-electron chi connectivity index (χ1n) is 10.8. The lowest BCUT2D eigenvalue weighted by Gasteiger charge is -2.26. The topological polar surface area (TPSA) is 86.9 Å². The molecule has 0 aromatic carbocycles. The van der Waals surface area contributed by atoms with Crippen molar-refractivity contribution in [3.8, 4) is 0 Å². The number of likely N-dealkylation sites (tertiary alicyclic amines) is 1. The van der Waals surface area contributed by atoms with Gasteiger partial charge in [0.2, 0.25) is 5.91 Å². The van der Waals surface area contributed by atoms with Gasteiger partial charge in [-0.25, -0.2) is 0 Å². The molecule has 0 spiro atoms. The molecule has 1 saturated carbocycles. The largest absolute Gasteiger partial charge is 0.356 e. The van der Waals surface area contributed by atoms with Crippen molar-refractivity contribution < 1.29 is 4.79 Å². The molecule has 1 aliphatic carbocycles. The number of carbonyl (C=O) groups is 1. The van der Waals surface area contributed by atoms with Crippen LogP contribution in [0.4, 0.5) is 0 Å². The number of fused-ring (bicyclic) bond motifs is 1. The predicted octanol–water partition coefficient (Wildman–Crippen LogP) is 1.62. The Morgan fingerprint density at radius 3 is 2.90 bits per heavy atom. The van der Waals surface area contributed by atoms with Crippen LogP contribution in [-0.2, 0) is 11.2 Å². The summed E-state index contributed by atoms with van der Waals surface area (Å²) in [5.41, 5.74) is 0.860. The molecule has 2 aromatic rings. The van der Waals surface area contributed by atoms with E-state index in [-0.39, 0.29) is 12.0 Å². The van der Waals surface area contributed by atoms with E-state index in [0.717, 1.165) is 56.2 Å². The summed E-state index contributed by atoms with van der Waals surface area (Å²) in [6.45, 7) is 2.33. The zero-order chi connectivity index (χ0) is 20.1. The number of carbonyl (C=O) groups excluding carboxylic acids is 1. The third-order valence-corrected chi connectivity index (χ3v) is 6.04. The number of aromatic nitrogens is 3. The molecular formula is C21H31N7O. The Morgan fingerprint density at radius 2 is 2.07 bits per heavy atom. The Hall–Kier alpha value is -2.64. The van der Waals surface area contributed by atoms with Gasteiger partial charge in [-0.3, -0.25) is 14.2 Å². The zero-order valence-corrected chi connectivity index (χ0v) is 17.2. The molecule has 2 fully saturated rings. The summed E-state index contributed by atoms with van der Waals surface area (Å²) in [6.07, 6.45) is 9.50. The lowest BCUT2D eigenvalue weighted by atomic mass is 9.88. The standard InChI is InChI=1S/C21H31N7O/c1-22-21(23-12-10-19-26-25-18-9-5-6-13-28(18)19)24-17-11-14-27(15-17)20(29)16-7-3-2-4-8-16/h5-6,9,13,16-17H,2-4,7-8,10-12,14-15H2,1H3,(H2,22,23,24). The molecule has 1 aliphatic heterocycles. The second-order valence-corrected chi connectivity index (χ2v) is 8.04. The number of rotatable bonds is 5. The first-order valence-corrected chi connectivity index (χ1v) is 10.8. The molecule has 1 saturated heterocycles. The molecule has 0 bridgehead atoms. The van der Waals surface area contributed by atoms with E-state index < -0.39 is 0 Å². The van der Waals surface area contributed by atoms with Crippen LogP contribution in [0.5, 0.6) is 0 Å². The van der Waals surface area contributed by atoms with Gasteiger partial charge in [0.25, 0.3) is 0 Å². The minimum absolute atomic E-state index is 0.248. The molecule has 1 atom stereocenters. The quantitative estimate of drug-likeness (QED) is 0.591. The van der Waals surface area contributed by atoms with Gasteiger partial charge in [0.05, 0.1) is 0 Å². The summed E-state index contributed by atoms with van der Waals surface area (Å²) >= 11 is 0. The molecule has 0 radical (unpaired) electrons. The van der Waals surface area contributed by atoms with Crippen molar-refractivity contribution in [3.05, 3.63) is 30.2 Å². The van der Waals surface area contributed by atoms with E-state index in [1.54, 1.807) is 7.05 Å². The highest BCUT2D eigenvalue weighted by Gasteiger charge is 2.31. The van der Waals surface area contributed by atoms with Gasteiger partial charge in [-0.2, -0.15) is 0 Å². The highest BCUT2D eigenvalue weighted by Crippen LogP contribution is 2.26. The summed E-state index contributed by atoms with van der Waals surface area (Å²) in [4.78, 5) is 19.1. The van der Waals surface area contributed by atoms with Crippen molar-refractivity contribution in [2.24, 2.45) is 10.9 Å². The molecule has 3 heterocycles. The maximum absolute atomic E-state index is 12.7. The van der Waals surface area contributed by atoms with Crippen molar-refractivity contribution >= 4 is 17.5 Å². The smallest absolute Gasteiger partial charge is 0.225 e. The fourth-order valence-corrected chi connectivity index (χ4v) is 4.43. The van der Waals surface area contributed by atoms with Crippen molar-refractivity contribution in [2.45, 2.75) is 51.0 Å². The van der Waals surface area contributed by atoms with Crippen LogP contribution in [0.2, 0.25) is 0 Å². The molecule has 8 heteroatoms. The summed E-state index contributed by atoms with van der Waals surface area (Å²) in [5.74, 6) is 2.30. The third-order valence-electron chi connectivity index (χ3n) is 6.04. The van der Waals surface area contributed by atoms with Gasteiger partial charge in [0.15, 0.2) is 11.6 Å². The highest BCUT2D eigenvalue weighted by atomic mass is 16.2. The molecule has 1 amide bonds. The van der Waals surface area contributed by atoms with E-state index >= 15 is 0 Å². The fourth-order valence-electron chi connectivity index (χ4n) is 4.43. The van der Waals surface area contributed by atoms with Crippen molar-refractivity contribution in [1.29, 1.82) is 0 Å². The van der Waals surface area contributed by atoms with Gasteiger partial charge in [0, 0.05) is 51.3 Å². The number of pyridine rings is 1. The van der Waals surface area contributed by atoms with E-state index in [1.807, 2.05) is 33.7 Å². The Morgan fingerprint density at radius 1 is 1.21 bits per heavy atom. The van der Waals surface area contributed by atoms with Gasteiger partial charge < -0.3 is 15.5 Å². The normalized spacial score (nSPS) is 20.9. The number of guanidine groups is 1. The van der Waals surface area contributed by atoms with Gasteiger partial charge in [0.1, 0.15) is 5.82 Å². The Balaban J connectivity index is 1.23. The SMILES string of the molecule is CN=C(NCCc1nnc2ccccn12)NC1CCN(C(=O)C2CCCCC2)C1. The zero-order valence-electron chi connectivity index (χ0n) is 17.2. The maximum Gasteiger partial charge on any atom is 0.225 e. The number of amides is 1. The van der Waals surface area contributed by atoms with E-state index in [2.05, 4.69) is 25.8 Å². The van der Waals surface area contributed by atoms with Crippen LogP contribution in [0, 0.1) is 5.92 Å². The van der Waals surface area contributed by atoms with Crippen LogP contribution < -0.4 is 10.6 Å². The monoisotopic (exact) mass is 397 g/mol. The average molecular weight is 398 g/mol. The van der Waals surface area contributed by atoms with Crippen LogP contribution >= 0.6 is 0 Å². The molecule has 4 rings (SSSR count). The van der Waals surface area contributed by atoms with Crippen LogP contribution in [-0.4, -0.2) is 64.1 Å². The second-order valence-electron chi connectivity index (χ2n) is 8.04. The number of nitrogens with zero attached hydrogens (tertiary/aromatic N) is 5. The van der Waals surface area contributed by atoms with Gasteiger partial charge in [-0.1, -0.05) is 25.3 Å². The van der Waals surface area contributed by atoms with Gasteiger partial charge in [-0.05, 0) is 31.4 Å². The van der Waals surface area contributed by atoms with E-state index in [0.29, 0.717) is 12.5 Å². The lowest BCUT2D eigenvalue weighted by Crippen LogP contribution is -2.46. The fraction of sp³-hybridized carbons (Fsp3) is 0.619. The highest BCUT2D eigenvalue weighted by molar-refractivity contribution is 5.81. The van der Waals surface area contributed by atoms with E-state index in [1.165, 1.54) is 19.3 Å². The molecule has 2 N–H and O–H groups in total. The van der Waals surface area contributed by atoms with Gasteiger partial charge >= 0.3 is 0 Å². The second kappa shape index (κ2) is 9.24. The Bertz CT molecular complexity index is 856. The number of aliphatic imine (C=N–C) groups is 1. The minimum Gasteiger partial charge on any atom is -0.356 e. The first kappa shape index (κ1) is 19.7. The summed E-state index contributed by atoms with van der Waals surface area (Å²) < 4.78 is 2.00. The molecule has 1 unspecified atom stereocenters.